The number of nitrogens with zero attached hydrogens (tertiary/aromatic N) is 1. The largest absolute Gasteiger partial charge is 0.497 e. The van der Waals surface area contributed by atoms with Crippen molar-refractivity contribution in [2.24, 2.45) is 0 Å². The van der Waals surface area contributed by atoms with Crippen molar-refractivity contribution >= 4 is 28.2 Å². The first-order chi connectivity index (χ1) is 14.3. The molecule has 1 amide bonds. The van der Waals surface area contributed by atoms with Gasteiger partial charge in [-0.1, -0.05) is 12.1 Å². The minimum atomic E-state index is -0.580. The highest BCUT2D eigenvalue weighted by molar-refractivity contribution is 7.16. The number of thiophene rings is 1. The SMILES string of the molecule is COC(=O)c1c(NC(=O)c2cc(=O)[nH]c(Cc3ccc(OC)cc3)n2)sc(C)c1C. The molecule has 156 valence electrons. The van der Waals surface area contributed by atoms with Crippen LogP contribution < -0.4 is 15.6 Å². The summed E-state index contributed by atoms with van der Waals surface area (Å²) in [4.78, 5) is 44.7. The number of rotatable bonds is 6. The molecule has 0 atom stereocenters. The van der Waals surface area contributed by atoms with Crippen LogP contribution in [0.15, 0.2) is 35.1 Å². The van der Waals surface area contributed by atoms with Crippen molar-refractivity contribution < 1.29 is 19.1 Å². The Kier molecular flexibility index (Phi) is 6.31. The lowest BCUT2D eigenvalue weighted by molar-refractivity contribution is 0.0601. The maximum atomic E-state index is 12.7. The molecule has 0 aliphatic heterocycles. The molecular formula is C21H21N3O5S. The quantitative estimate of drug-likeness (QED) is 0.585. The Morgan fingerprint density at radius 3 is 2.50 bits per heavy atom. The number of anilines is 1. The van der Waals surface area contributed by atoms with Crippen LogP contribution in [0.3, 0.4) is 0 Å². The minimum absolute atomic E-state index is 0.0400. The van der Waals surface area contributed by atoms with E-state index in [-0.39, 0.29) is 5.69 Å². The number of aryl methyl sites for hydroxylation is 1. The smallest absolute Gasteiger partial charge is 0.341 e. The van der Waals surface area contributed by atoms with Crippen LogP contribution in [0, 0.1) is 13.8 Å². The molecule has 2 aromatic heterocycles. The van der Waals surface area contributed by atoms with Gasteiger partial charge >= 0.3 is 5.97 Å². The number of esters is 1. The standard InChI is InChI=1S/C21H21N3O5S/c1-11-12(2)30-20(18(11)21(27)29-4)24-19(26)15-10-17(25)23-16(22-15)9-13-5-7-14(28-3)8-6-13/h5-8,10H,9H2,1-4H3,(H,24,26)(H,22,23,25). The summed E-state index contributed by atoms with van der Waals surface area (Å²) in [7, 11) is 2.86. The lowest BCUT2D eigenvalue weighted by Crippen LogP contribution is -2.21. The highest BCUT2D eigenvalue weighted by atomic mass is 32.1. The van der Waals surface area contributed by atoms with Crippen molar-refractivity contribution in [3.05, 3.63) is 73.8 Å². The van der Waals surface area contributed by atoms with Gasteiger partial charge in [-0.25, -0.2) is 9.78 Å². The van der Waals surface area contributed by atoms with Gasteiger partial charge < -0.3 is 19.8 Å². The number of amides is 1. The van der Waals surface area contributed by atoms with E-state index in [9.17, 15) is 14.4 Å². The molecule has 1 aromatic carbocycles. The van der Waals surface area contributed by atoms with Gasteiger partial charge in [0.2, 0.25) is 0 Å². The first-order valence-electron chi connectivity index (χ1n) is 9.05. The normalized spacial score (nSPS) is 10.5. The van der Waals surface area contributed by atoms with Crippen LogP contribution in [0.1, 0.15) is 42.7 Å². The zero-order valence-electron chi connectivity index (χ0n) is 17.0. The molecular weight excluding hydrogens is 406 g/mol. The molecule has 9 heteroatoms. The molecule has 2 N–H and O–H groups in total. The Morgan fingerprint density at radius 2 is 1.87 bits per heavy atom. The fraction of sp³-hybridized carbons (Fsp3) is 0.238. The number of benzene rings is 1. The van der Waals surface area contributed by atoms with Gasteiger partial charge in [0.1, 0.15) is 22.3 Å². The summed E-state index contributed by atoms with van der Waals surface area (Å²) < 4.78 is 9.95. The predicted molar refractivity (Wildman–Crippen MR) is 114 cm³/mol. The van der Waals surface area contributed by atoms with Crippen LogP contribution in [0.25, 0.3) is 0 Å². The number of hydrogen-bond donors (Lipinski definition) is 2. The number of methoxy groups -OCH3 is 2. The lowest BCUT2D eigenvalue weighted by atomic mass is 10.1. The molecule has 3 aromatic rings. The Hall–Kier alpha value is -3.46. The third-order valence-corrected chi connectivity index (χ3v) is 5.68. The molecule has 8 nitrogen and oxygen atoms in total. The van der Waals surface area contributed by atoms with E-state index in [1.54, 1.807) is 26.2 Å². The van der Waals surface area contributed by atoms with Crippen molar-refractivity contribution in [2.45, 2.75) is 20.3 Å². The van der Waals surface area contributed by atoms with E-state index in [0.29, 0.717) is 22.8 Å². The monoisotopic (exact) mass is 427 g/mol. The average molecular weight is 427 g/mol. The molecule has 0 saturated heterocycles. The Bertz CT molecular complexity index is 1150. The van der Waals surface area contributed by atoms with E-state index < -0.39 is 17.4 Å². The second kappa shape index (κ2) is 8.91. The fourth-order valence-corrected chi connectivity index (χ4v) is 3.92. The minimum Gasteiger partial charge on any atom is -0.497 e. The Morgan fingerprint density at radius 1 is 1.17 bits per heavy atom. The zero-order chi connectivity index (χ0) is 21.8. The van der Waals surface area contributed by atoms with Gasteiger partial charge in [0, 0.05) is 17.4 Å². The second-order valence-electron chi connectivity index (χ2n) is 6.54. The maximum Gasteiger partial charge on any atom is 0.341 e. The van der Waals surface area contributed by atoms with Crippen molar-refractivity contribution in [1.29, 1.82) is 0 Å². The molecule has 0 bridgehead atoms. The molecule has 2 heterocycles. The molecule has 3 rings (SSSR count). The lowest BCUT2D eigenvalue weighted by Gasteiger charge is -2.07. The van der Waals surface area contributed by atoms with Crippen LogP contribution in [-0.4, -0.2) is 36.1 Å². The van der Waals surface area contributed by atoms with Gasteiger partial charge in [-0.05, 0) is 37.1 Å². The van der Waals surface area contributed by atoms with Crippen LogP contribution in [0.2, 0.25) is 0 Å². The predicted octanol–water partition coefficient (Wildman–Crippen LogP) is 3.09. The number of carbonyl (C=O) groups excluding carboxylic acids is 2. The molecule has 0 unspecified atom stereocenters. The molecule has 0 aliphatic carbocycles. The number of nitrogens with one attached hydrogen (secondary N) is 2. The summed E-state index contributed by atoms with van der Waals surface area (Å²) in [5.41, 5.74) is 1.46. The highest BCUT2D eigenvalue weighted by Gasteiger charge is 2.22. The van der Waals surface area contributed by atoms with Crippen molar-refractivity contribution in [2.75, 3.05) is 19.5 Å². The van der Waals surface area contributed by atoms with Crippen molar-refractivity contribution in [3.63, 3.8) is 0 Å². The average Bonchev–Trinajstić information content (AvgIpc) is 3.00. The molecule has 0 aliphatic rings. The summed E-state index contributed by atoms with van der Waals surface area (Å²) >= 11 is 1.26. The van der Waals surface area contributed by atoms with Gasteiger partial charge in [-0.2, -0.15) is 0 Å². The third-order valence-electron chi connectivity index (χ3n) is 4.56. The van der Waals surface area contributed by atoms with E-state index in [4.69, 9.17) is 9.47 Å². The van der Waals surface area contributed by atoms with E-state index in [1.807, 2.05) is 19.1 Å². The van der Waals surface area contributed by atoms with Crippen LogP contribution >= 0.6 is 11.3 Å². The molecule has 0 spiro atoms. The van der Waals surface area contributed by atoms with E-state index in [1.165, 1.54) is 18.4 Å². The molecule has 30 heavy (non-hydrogen) atoms. The van der Waals surface area contributed by atoms with Gasteiger partial charge in [0.15, 0.2) is 0 Å². The highest BCUT2D eigenvalue weighted by Crippen LogP contribution is 2.33. The van der Waals surface area contributed by atoms with Crippen LogP contribution in [-0.2, 0) is 11.2 Å². The summed E-state index contributed by atoms with van der Waals surface area (Å²) in [6.07, 6.45) is 0.338. The Balaban J connectivity index is 1.86. The number of carbonyl (C=O) groups is 2. The zero-order valence-corrected chi connectivity index (χ0v) is 17.8. The topological polar surface area (TPSA) is 110 Å². The van der Waals surface area contributed by atoms with Crippen LogP contribution in [0.5, 0.6) is 5.75 Å². The summed E-state index contributed by atoms with van der Waals surface area (Å²) in [6.45, 7) is 3.63. The fourth-order valence-electron chi connectivity index (χ4n) is 2.87. The van der Waals surface area contributed by atoms with Gasteiger partial charge in [0.25, 0.3) is 11.5 Å². The molecule has 0 radical (unpaired) electrons. The molecule has 0 fully saturated rings. The Labute approximate surface area is 176 Å². The van der Waals surface area contributed by atoms with Gasteiger partial charge in [-0.15, -0.1) is 11.3 Å². The maximum absolute atomic E-state index is 12.7. The number of aromatic nitrogens is 2. The number of ether oxygens (including phenoxy) is 2. The van der Waals surface area contributed by atoms with Crippen molar-refractivity contribution in [1.82, 2.24) is 9.97 Å². The van der Waals surface area contributed by atoms with E-state index in [0.717, 1.165) is 27.8 Å². The van der Waals surface area contributed by atoms with Crippen molar-refractivity contribution in [3.8, 4) is 5.75 Å². The van der Waals surface area contributed by atoms with E-state index >= 15 is 0 Å². The number of aromatic amines is 1. The van der Waals surface area contributed by atoms with Gasteiger partial charge in [0.05, 0.1) is 19.8 Å². The summed E-state index contributed by atoms with van der Waals surface area (Å²) in [6, 6.07) is 8.44. The van der Waals surface area contributed by atoms with E-state index in [2.05, 4.69) is 15.3 Å². The van der Waals surface area contributed by atoms with Crippen LogP contribution in [0.4, 0.5) is 5.00 Å². The number of hydrogen-bond acceptors (Lipinski definition) is 7. The first-order valence-corrected chi connectivity index (χ1v) is 9.86. The molecule has 0 saturated carbocycles. The second-order valence-corrected chi connectivity index (χ2v) is 7.76. The summed E-state index contributed by atoms with van der Waals surface area (Å²) in [5.74, 6) is -0.0458. The first kappa shape index (κ1) is 21.3. The van der Waals surface area contributed by atoms with Gasteiger partial charge in [-0.3, -0.25) is 9.59 Å². The summed E-state index contributed by atoms with van der Waals surface area (Å²) in [5, 5.41) is 3.05. The number of H-pyrrole nitrogens is 1. The third kappa shape index (κ3) is 4.57.